The van der Waals surface area contributed by atoms with Gasteiger partial charge >= 0.3 is 0 Å². The lowest BCUT2D eigenvalue weighted by atomic mass is 10.0. The van der Waals surface area contributed by atoms with Crippen LogP contribution < -0.4 is 0 Å². The second-order valence-corrected chi connectivity index (χ2v) is 9.12. The Balaban J connectivity index is 1.47. The molecule has 0 aliphatic carbocycles. The Morgan fingerprint density at radius 2 is 1.97 bits per heavy atom. The minimum Gasteiger partial charge on any atom is -0.392 e. The second-order valence-electron chi connectivity index (χ2n) is 8.30. The number of hydrogen-bond donors (Lipinski definition) is 1. The number of aliphatic hydroxyl groups excluding tert-OH is 1. The molecule has 2 aliphatic rings. The maximum absolute atomic E-state index is 12.6. The second kappa shape index (κ2) is 11.3. The normalized spacial score (nSPS) is 23.4. The number of likely N-dealkylation sites (tertiary alicyclic amines) is 1. The smallest absolute Gasteiger partial charge is 0.246 e. The number of hydrogen-bond acceptors (Lipinski definition) is 4. The zero-order valence-electron chi connectivity index (χ0n) is 18.0. The van der Waals surface area contributed by atoms with E-state index in [9.17, 15) is 14.7 Å². The molecule has 1 aromatic rings. The standard InChI is InChI=1S/C23H31Cl2N3O3/c1-17-21(29)4-2-10-26(17)11-3-12-27-14-15-28(13-9-23(27)31)22(30)8-6-18-5-7-19(24)20(25)16-18/h5-8,16-17,21,29H,2-4,9-15H2,1H3/t17-,21-/m1/s1. The summed E-state index contributed by atoms with van der Waals surface area (Å²) >= 11 is 11.9. The topological polar surface area (TPSA) is 64.1 Å². The van der Waals surface area contributed by atoms with Crippen molar-refractivity contribution in [2.75, 3.05) is 39.3 Å². The summed E-state index contributed by atoms with van der Waals surface area (Å²) < 4.78 is 0. The molecule has 0 unspecified atom stereocenters. The largest absolute Gasteiger partial charge is 0.392 e. The Bertz CT molecular complexity index is 817. The summed E-state index contributed by atoms with van der Waals surface area (Å²) in [5.41, 5.74) is 0.798. The highest BCUT2D eigenvalue weighted by Crippen LogP contribution is 2.23. The Hall–Kier alpha value is -1.60. The summed E-state index contributed by atoms with van der Waals surface area (Å²) in [7, 11) is 0. The summed E-state index contributed by atoms with van der Waals surface area (Å²) in [5, 5.41) is 11.0. The fraction of sp³-hybridized carbons (Fsp3) is 0.565. The minimum atomic E-state index is -0.259. The van der Waals surface area contributed by atoms with E-state index in [1.165, 1.54) is 6.08 Å². The van der Waals surface area contributed by atoms with Crippen molar-refractivity contribution in [1.82, 2.24) is 14.7 Å². The summed E-state index contributed by atoms with van der Waals surface area (Å²) in [4.78, 5) is 31.0. The van der Waals surface area contributed by atoms with Crippen molar-refractivity contribution in [1.29, 1.82) is 0 Å². The lowest BCUT2D eigenvalue weighted by molar-refractivity contribution is -0.130. The van der Waals surface area contributed by atoms with Gasteiger partial charge in [0.1, 0.15) is 0 Å². The summed E-state index contributed by atoms with van der Waals surface area (Å²) in [5.74, 6) is -0.0210. The molecule has 31 heavy (non-hydrogen) atoms. The highest BCUT2D eigenvalue weighted by atomic mass is 35.5. The van der Waals surface area contributed by atoms with Crippen molar-refractivity contribution in [3.8, 4) is 0 Å². The van der Waals surface area contributed by atoms with Crippen LogP contribution >= 0.6 is 23.2 Å². The van der Waals surface area contributed by atoms with Gasteiger partial charge in [-0.3, -0.25) is 14.5 Å². The predicted molar refractivity (Wildman–Crippen MR) is 124 cm³/mol. The number of rotatable bonds is 6. The fourth-order valence-corrected chi connectivity index (χ4v) is 4.49. The average Bonchev–Trinajstić information content (AvgIpc) is 2.93. The molecule has 0 aromatic heterocycles. The Labute approximate surface area is 194 Å². The van der Waals surface area contributed by atoms with E-state index in [-0.39, 0.29) is 24.0 Å². The molecule has 2 saturated heterocycles. The van der Waals surface area contributed by atoms with Crippen LogP contribution in [0.4, 0.5) is 0 Å². The summed E-state index contributed by atoms with van der Waals surface area (Å²) in [6, 6.07) is 5.38. The molecule has 2 fully saturated rings. The Morgan fingerprint density at radius 1 is 1.16 bits per heavy atom. The van der Waals surface area contributed by atoms with E-state index in [1.54, 1.807) is 29.2 Å². The van der Waals surface area contributed by atoms with Gasteiger partial charge in [-0.25, -0.2) is 0 Å². The van der Waals surface area contributed by atoms with Crippen molar-refractivity contribution in [3.63, 3.8) is 0 Å². The number of nitrogens with zero attached hydrogens (tertiary/aromatic N) is 3. The van der Waals surface area contributed by atoms with E-state index >= 15 is 0 Å². The van der Waals surface area contributed by atoms with Gasteiger partial charge in [0.2, 0.25) is 11.8 Å². The van der Waals surface area contributed by atoms with E-state index in [4.69, 9.17) is 23.2 Å². The molecule has 0 saturated carbocycles. The van der Waals surface area contributed by atoms with Gasteiger partial charge < -0.3 is 14.9 Å². The van der Waals surface area contributed by atoms with Crippen LogP contribution in [-0.4, -0.2) is 83.0 Å². The SMILES string of the molecule is C[C@@H]1[C@H](O)CCCN1CCCN1CCN(C(=O)C=Cc2ccc(Cl)c(Cl)c2)CCC1=O. The van der Waals surface area contributed by atoms with Crippen molar-refractivity contribution < 1.29 is 14.7 Å². The number of aliphatic hydroxyl groups is 1. The van der Waals surface area contributed by atoms with Gasteiger partial charge in [0.05, 0.1) is 16.1 Å². The summed E-state index contributed by atoms with van der Waals surface area (Å²) in [6.07, 6.45) is 6.06. The van der Waals surface area contributed by atoms with Crippen molar-refractivity contribution in [2.24, 2.45) is 0 Å². The van der Waals surface area contributed by atoms with Crippen molar-refractivity contribution in [2.45, 2.75) is 44.8 Å². The predicted octanol–water partition coefficient (Wildman–Crippen LogP) is 3.30. The molecule has 1 N–H and O–H groups in total. The number of piperidine rings is 1. The van der Waals surface area contributed by atoms with Crippen LogP contribution in [0, 0.1) is 0 Å². The van der Waals surface area contributed by atoms with Gasteiger partial charge in [-0.05, 0) is 56.5 Å². The van der Waals surface area contributed by atoms with E-state index < -0.39 is 0 Å². The van der Waals surface area contributed by atoms with Crippen LogP contribution in [0.25, 0.3) is 6.08 Å². The Morgan fingerprint density at radius 3 is 2.74 bits per heavy atom. The van der Waals surface area contributed by atoms with E-state index in [1.807, 2.05) is 4.90 Å². The van der Waals surface area contributed by atoms with Crippen LogP contribution in [-0.2, 0) is 9.59 Å². The lowest BCUT2D eigenvalue weighted by Gasteiger charge is -2.37. The molecule has 0 spiro atoms. The van der Waals surface area contributed by atoms with Gasteiger partial charge in [-0.15, -0.1) is 0 Å². The average molecular weight is 468 g/mol. The van der Waals surface area contributed by atoms with Crippen LogP contribution in [0.5, 0.6) is 0 Å². The maximum atomic E-state index is 12.6. The molecule has 2 heterocycles. The van der Waals surface area contributed by atoms with Crippen LogP contribution in [0.1, 0.15) is 38.2 Å². The first-order chi connectivity index (χ1) is 14.8. The third-order valence-corrected chi connectivity index (χ3v) is 6.95. The third-order valence-electron chi connectivity index (χ3n) is 6.21. The van der Waals surface area contributed by atoms with Crippen LogP contribution in [0.3, 0.4) is 0 Å². The highest BCUT2D eigenvalue weighted by molar-refractivity contribution is 6.42. The molecule has 2 amide bonds. The Kier molecular flexibility index (Phi) is 8.78. The van der Waals surface area contributed by atoms with E-state index in [0.29, 0.717) is 42.6 Å². The number of carbonyl (C=O) groups excluding carboxylic acids is 2. The molecule has 2 atom stereocenters. The zero-order valence-corrected chi connectivity index (χ0v) is 19.5. The number of benzene rings is 1. The van der Waals surface area contributed by atoms with Crippen LogP contribution in [0.15, 0.2) is 24.3 Å². The highest BCUT2D eigenvalue weighted by Gasteiger charge is 2.26. The molecule has 0 radical (unpaired) electrons. The molecule has 6 nitrogen and oxygen atoms in total. The van der Waals surface area contributed by atoms with Gasteiger partial charge in [0, 0.05) is 51.3 Å². The molecule has 3 rings (SSSR count). The third kappa shape index (κ3) is 6.69. The molecule has 8 heteroatoms. The van der Waals surface area contributed by atoms with Gasteiger partial charge in [0.15, 0.2) is 0 Å². The van der Waals surface area contributed by atoms with E-state index in [2.05, 4.69) is 11.8 Å². The van der Waals surface area contributed by atoms with Crippen LogP contribution in [0.2, 0.25) is 10.0 Å². The van der Waals surface area contributed by atoms with Gasteiger partial charge in [0.25, 0.3) is 0 Å². The fourth-order valence-electron chi connectivity index (χ4n) is 4.18. The molecule has 1 aromatic carbocycles. The molecular formula is C23H31Cl2N3O3. The first kappa shape index (κ1) is 24.1. The molecule has 0 bridgehead atoms. The van der Waals surface area contributed by atoms with Crippen molar-refractivity contribution >= 4 is 41.1 Å². The first-order valence-electron chi connectivity index (χ1n) is 11.0. The molecule has 170 valence electrons. The van der Waals surface area contributed by atoms with Gasteiger partial charge in [-0.1, -0.05) is 29.3 Å². The van der Waals surface area contributed by atoms with E-state index in [0.717, 1.165) is 37.9 Å². The number of carbonyl (C=O) groups is 2. The number of halogens is 2. The minimum absolute atomic E-state index is 0.0930. The quantitative estimate of drug-likeness (QED) is 0.651. The zero-order chi connectivity index (χ0) is 22.4. The number of amides is 2. The monoisotopic (exact) mass is 467 g/mol. The first-order valence-corrected chi connectivity index (χ1v) is 11.7. The van der Waals surface area contributed by atoms with Gasteiger partial charge in [-0.2, -0.15) is 0 Å². The molecular weight excluding hydrogens is 437 g/mol. The lowest BCUT2D eigenvalue weighted by Crippen LogP contribution is -2.47. The maximum Gasteiger partial charge on any atom is 0.246 e. The summed E-state index contributed by atoms with van der Waals surface area (Å²) in [6.45, 7) is 6.11. The molecule has 2 aliphatic heterocycles. The van der Waals surface area contributed by atoms with Crippen molar-refractivity contribution in [3.05, 3.63) is 39.9 Å².